The summed E-state index contributed by atoms with van der Waals surface area (Å²) in [6.07, 6.45) is 3.65. The molecule has 1 heterocycles. The molecule has 3 N–H and O–H groups in total. The molecule has 3 aromatic carbocycles. The van der Waals surface area contributed by atoms with E-state index in [1.165, 1.54) is 0 Å². The molecule has 30 heavy (non-hydrogen) atoms. The largest absolute Gasteiger partial charge is 0.497 e. The van der Waals surface area contributed by atoms with Crippen LogP contribution in [0.1, 0.15) is 16.7 Å². The van der Waals surface area contributed by atoms with Crippen LogP contribution in [0.15, 0.2) is 79.0 Å². The van der Waals surface area contributed by atoms with E-state index >= 15 is 0 Å². The minimum atomic E-state index is -0.494. The zero-order valence-electron chi connectivity index (χ0n) is 16.6. The van der Waals surface area contributed by atoms with Crippen LogP contribution in [0, 0.1) is 0 Å². The van der Waals surface area contributed by atoms with Gasteiger partial charge in [-0.25, -0.2) is 0 Å². The molecule has 150 valence electrons. The van der Waals surface area contributed by atoms with Gasteiger partial charge in [0.25, 0.3) is 0 Å². The van der Waals surface area contributed by atoms with E-state index in [2.05, 4.69) is 4.98 Å². The first-order valence-electron chi connectivity index (χ1n) is 9.58. The molecule has 0 saturated heterocycles. The van der Waals surface area contributed by atoms with Gasteiger partial charge >= 0.3 is 0 Å². The van der Waals surface area contributed by atoms with Crippen molar-refractivity contribution in [2.75, 3.05) is 7.11 Å². The number of nitrogens with two attached hydrogens (primary N) is 1. The lowest BCUT2D eigenvalue weighted by Crippen LogP contribution is -2.12. The van der Waals surface area contributed by atoms with Crippen LogP contribution in [0.3, 0.4) is 0 Å². The molecule has 0 bridgehead atoms. The standard InChI is InChI=1S/C25H22N2O3/c1-29-20-9-7-18(8-10-20)23(25(26)28)13-19-15-27-24-12-11-21(14-22(19)24)30-16-17-5-3-2-4-6-17/h2-15,27H,16H2,1H3,(H2,26,28)/b23-13+. The van der Waals surface area contributed by atoms with Crippen molar-refractivity contribution in [1.29, 1.82) is 0 Å². The molecule has 0 aliphatic rings. The number of hydrogen-bond donors (Lipinski definition) is 2. The van der Waals surface area contributed by atoms with Gasteiger partial charge < -0.3 is 20.2 Å². The third-order valence-corrected chi connectivity index (χ3v) is 4.90. The number of ether oxygens (including phenoxy) is 2. The van der Waals surface area contributed by atoms with Crippen LogP contribution < -0.4 is 15.2 Å². The molecule has 0 saturated carbocycles. The van der Waals surface area contributed by atoms with Gasteiger partial charge in [0.05, 0.1) is 7.11 Å². The first-order chi connectivity index (χ1) is 14.6. The normalized spacial score (nSPS) is 11.4. The van der Waals surface area contributed by atoms with Gasteiger partial charge in [-0.15, -0.1) is 0 Å². The summed E-state index contributed by atoms with van der Waals surface area (Å²) >= 11 is 0. The van der Waals surface area contributed by atoms with E-state index in [4.69, 9.17) is 15.2 Å². The minimum Gasteiger partial charge on any atom is -0.497 e. The molecule has 0 radical (unpaired) electrons. The zero-order chi connectivity index (χ0) is 20.9. The lowest BCUT2D eigenvalue weighted by molar-refractivity contribution is -0.112. The Balaban J connectivity index is 1.65. The average Bonchev–Trinajstić information content (AvgIpc) is 3.18. The van der Waals surface area contributed by atoms with Crippen LogP contribution in [0.5, 0.6) is 11.5 Å². The highest BCUT2D eigenvalue weighted by molar-refractivity contribution is 6.24. The third-order valence-electron chi connectivity index (χ3n) is 4.90. The summed E-state index contributed by atoms with van der Waals surface area (Å²) in [4.78, 5) is 15.4. The second-order valence-electron chi connectivity index (χ2n) is 6.88. The number of benzene rings is 3. The number of rotatable bonds is 7. The fourth-order valence-electron chi connectivity index (χ4n) is 3.29. The second kappa shape index (κ2) is 8.57. The van der Waals surface area contributed by atoms with Gasteiger partial charge in [-0.05, 0) is 47.5 Å². The van der Waals surface area contributed by atoms with Gasteiger partial charge in [-0.2, -0.15) is 0 Å². The Labute approximate surface area is 174 Å². The monoisotopic (exact) mass is 398 g/mol. The van der Waals surface area contributed by atoms with Crippen LogP contribution in [-0.4, -0.2) is 18.0 Å². The highest BCUT2D eigenvalue weighted by Gasteiger charge is 2.11. The van der Waals surface area contributed by atoms with Crippen LogP contribution in [-0.2, 0) is 11.4 Å². The van der Waals surface area contributed by atoms with Crippen molar-refractivity contribution in [3.63, 3.8) is 0 Å². The maximum Gasteiger partial charge on any atom is 0.249 e. The highest BCUT2D eigenvalue weighted by atomic mass is 16.5. The van der Waals surface area contributed by atoms with Crippen LogP contribution in [0.2, 0.25) is 0 Å². The third kappa shape index (κ3) is 4.20. The Morgan fingerprint density at radius 1 is 1.00 bits per heavy atom. The van der Waals surface area contributed by atoms with E-state index in [0.29, 0.717) is 12.2 Å². The molecule has 4 aromatic rings. The fraction of sp³-hybridized carbons (Fsp3) is 0.0800. The van der Waals surface area contributed by atoms with E-state index in [-0.39, 0.29) is 0 Å². The summed E-state index contributed by atoms with van der Waals surface area (Å²) in [7, 11) is 1.60. The number of H-pyrrole nitrogens is 1. The van der Waals surface area contributed by atoms with Crippen LogP contribution in [0.25, 0.3) is 22.6 Å². The van der Waals surface area contributed by atoms with Crippen LogP contribution in [0.4, 0.5) is 0 Å². The zero-order valence-corrected chi connectivity index (χ0v) is 16.6. The van der Waals surface area contributed by atoms with Gasteiger partial charge in [0.1, 0.15) is 18.1 Å². The quantitative estimate of drug-likeness (QED) is 0.440. The maximum atomic E-state index is 12.1. The van der Waals surface area contributed by atoms with Gasteiger partial charge in [0, 0.05) is 28.2 Å². The number of methoxy groups -OCH3 is 1. The molecule has 0 aliphatic heterocycles. The minimum absolute atomic E-state index is 0.425. The number of amides is 1. The Bertz CT molecular complexity index is 1190. The molecular formula is C25H22N2O3. The predicted molar refractivity (Wildman–Crippen MR) is 119 cm³/mol. The molecule has 0 atom stereocenters. The molecule has 0 unspecified atom stereocenters. The van der Waals surface area contributed by atoms with Crippen molar-refractivity contribution in [1.82, 2.24) is 4.98 Å². The summed E-state index contributed by atoms with van der Waals surface area (Å²) in [6.45, 7) is 0.486. The number of aromatic amines is 1. The van der Waals surface area contributed by atoms with Crippen molar-refractivity contribution < 1.29 is 14.3 Å². The first kappa shape index (κ1) is 19.3. The van der Waals surface area contributed by atoms with Crippen molar-refractivity contribution in [2.24, 2.45) is 5.73 Å². The SMILES string of the molecule is COc1ccc(/C(=C\c2c[nH]c3ccc(OCc4ccccc4)cc23)C(N)=O)cc1. The predicted octanol–water partition coefficient (Wildman–Crippen LogP) is 4.78. The lowest BCUT2D eigenvalue weighted by Gasteiger charge is -2.07. The number of primary amides is 1. The molecular weight excluding hydrogens is 376 g/mol. The van der Waals surface area contributed by atoms with Gasteiger partial charge in [-0.1, -0.05) is 42.5 Å². The molecule has 5 nitrogen and oxygen atoms in total. The smallest absolute Gasteiger partial charge is 0.249 e. The summed E-state index contributed by atoms with van der Waals surface area (Å²) < 4.78 is 11.1. The highest BCUT2D eigenvalue weighted by Crippen LogP contribution is 2.28. The van der Waals surface area contributed by atoms with Crippen LogP contribution >= 0.6 is 0 Å². The molecule has 0 aliphatic carbocycles. The van der Waals surface area contributed by atoms with E-state index < -0.39 is 5.91 Å². The van der Waals surface area contributed by atoms with Gasteiger partial charge in [-0.3, -0.25) is 4.79 Å². The van der Waals surface area contributed by atoms with E-state index in [9.17, 15) is 4.79 Å². The Morgan fingerprint density at radius 3 is 2.43 bits per heavy atom. The van der Waals surface area contributed by atoms with Crippen molar-refractivity contribution in [3.8, 4) is 11.5 Å². The molecule has 0 spiro atoms. The topological polar surface area (TPSA) is 77.3 Å². The summed E-state index contributed by atoms with van der Waals surface area (Å²) in [5.74, 6) is 0.978. The van der Waals surface area contributed by atoms with Crippen molar-refractivity contribution in [2.45, 2.75) is 6.61 Å². The van der Waals surface area contributed by atoms with E-state index in [1.54, 1.807) is 25.3 Å². The Morgan fingerprint density at radius 2 is 1.73 bits per heavy atom. The fourth-order valence-corrected chi connectivity index (χ4v) is 3.29. The van der Waals surface area contributed by atoms with E-state index in [1.807, 2.05) is 66.9 Å². The number of fused-ring (bicyclic) bond motifs is 1. The number of carbonyl (C=O) groups is 1. The van der Waals surface area contributed by atoms with Gasteiger partial charge in [0.15, 0.2) is 0 Å². The summed E-state index contributed by atoms with van der Waals surface area (Å²) in [6, 6.07) is 23.1. The molecule has 1 amide bonds. The van der Waals surface area contributed by atoms with E-state index in [0.717, 1.165) is 39.1 Å². The van der Waals surface area contributed by atoms with Gasteiger partial charge in [0.2, 0.25) is 5.91 Å². The first-order valence-corrected chi connectivity index (χ1v) is 9.58. The maximum absolute atomic E-state index is 12.1. The Kier molecular flexibility index (Phi) is 5.52. The molecule has 1 aromatic heterocycles. The number of hydrogen-bond acceptors (Lipinski definition) is 3. The number of carbonyl (C=O) groups excluding carboxylic acids is 1. The average molecular weight is 398 g/mol. The number of aromatic nitrogens is 1. The second-order valence-corrected chi connectivity index (χ2v) is 6.88. The number of nitrogens with one attached hydrogen (secondary N) is 1. The van der Waals surface area contributed by atoms with Crippen molar-refractivity contribution >= 4 is 28.5 Å². The summed E-state index contributed by atoms with van der Waals surface area (Å²) in [5.41, 5.74) is 9.74. The molecule has 4 rings (SSSR count). The van der Waals surface area contributed by atoms with Crippen molar-refractivity contribution in [3.05, 3.63) is 95.7 Å². The molecule has 0 fully saturated rings. The molecule has 5 heteroatoms. The Hall–Kier alpha value is -3.99. The lowest BCUT2D eigenvalue weighted by atomic mass is 10.0. The summed E-state index contributed by atoms with van der Waals surface area (Å²) in [5, 5.41) is 0.952.